The molecule has 5 nitrogen and oxygen atoms in total. The van der Waals surface area contributed by atoms with E-state index in [-0.39, 0.29) is 28.6 Å². The summed E-state index contributed by atoms with van der Waals surface area (Å²) in [5.74, 6) is -0.987. The Morgan fingerprint density at radius 1 is 1.11 bits per heavy atom. The molecule has 0 saturated heterocycles. The second kappa shape index (κ2) is 7.38. The van der Waals surface area contributed by atoms with Crippen molar-refractivity contribution in [1.29, 1.82) is 0 Å². The lowest BCUT2D eigenvalue weighted by atomic mass is 9.87. The minimum absolute atomic E-state index is 0.0351. The largest absolute Gasteiger partial charge is 0.485 e. The maximum atomic E-state index is 12.5. The molecular weight excluding hydrogens is 393 g/mol. The van der Waals surface area contributed by atoms with E-state index in [2.05, 4.69) is 30.9 Å². The van der Waals surface area contributed by atoms with E-state index in [0.29, 0.717) is 17.1 Å². The van der Waals surface area contributed by atoms with Crippen LogP contribution in [0.3, 0.4) is 0 Å². The Labute approximate surface area is 163 Å². The molecule has 0 N–H and O–H groups in total. The first-order valence-corrected chi connectivity index (χ1v) is 9.13. The summed E-state index contributed by atoms with van der Waals surface area (Å²) in [4.78, 5) is 15.2. The van der Waals surface area contributed by atoms with Crippen LogP contribution in [0.2, 0.25) is 0 Å². The number of alkyl halides is 3. The maximum absolute atomic E-state index is 12.5. The lowest BCUT2D eigenvalue weighted by Gasteiger charge is -2.19. The molecule has 3 rings (SSSR count). The summed E-state index contributed by atoms with van der Waals surface area (Å²) in [6.45, 7) is 6.38. The van der Waals surface area contributed by atoms with Gasteiger partial charge in [-0.25, -0.2) is 0 Å². The van der Waals surface area contributed by atoms with Gasteiger partial charge in [0.25, 0.3) is 11.7 Å². The zero-order valence-corrected chi connectivity index (χ0v) is 16.1. The number of rotatable bonds is 5. The minimum Gasteiger partial charge on any atom is -0.485 e. The second-order valence-corrected chi connectivity index (χ2v) is 8.15. The van der Waals surface area contributed by atoms with Gasteiger partial charge in [-0.1, -0.05) is 38.1 Å². The van der Waals surface area contributed by atoms with Gasteiger partial charge in [-0.05, 0) is 35.2 Å². The van der Waals surface area contributed by atoms with E-state index in [1.807, 2.05) is 24.3 Å². The lowest BCUT2D eigenvalue weighted by Crippen LogP contribution is -2.21. The van der Waals surface area contributed by atoms with E-state index in [1.165, 1.54) is 11.6 Å². The minimum atomic E-state index is -4.92. The first-order chi connectivity index (χ1) is 13.0. The first-order valence-electron chi connectivity index (χ1n) is 8.32. The van der Waals surface area contributed by atoms with Crippen LogP contribution in [0.4, 0.5) is 13.2 Å². The highest BCUT2D eigenvalue weighted by Crippen LogP contribution is 2.31. The quantitative estimate of drug-likeness (QED) is 0.526. The van der Waals surface area contributed by atoms with E-state index in [9.17, 15) is 18.0 Å². The molecular formula is C19H17F3N2O3S. The summed E-state index contributed by atoms with van der Waals surface area (Å²) in [6, 6.07) is 10.1. The second-order valence-electron chi connectivity index (χ2n) is 7.07. The molecule has 0 amide bonds. The zero-order valence-electron chi connectivity index (χ0n) is 15.3. The van der Waals surface area contributed by atoms with Gasteiger partial charge in [-0.15, -0.1) is 11.3 Å². The number of Topliss-reactive ketones (excluding diaryl/α,β-unsaturated/α-hetero) is 1. The van der Waals surface area contributed by atoms with Crippen LogP contribution in [0.25, 0.3) is 10.8 Å². The third-order valence-corrected chi connectivity index (χ3v) is 4.93. The fourth-order valence-electron chi connectivity index (χ4n) is 2.33. The summed E-state index contributed by atoms with van der Waals surface area (Å²) in [7, 11) is 0. The number of benzene rings is 1. The molecule has 0 unspecified atom stereocenters. The van der Waals surface area contributed by atoms with Gasteiger partial charge in [0.15, 0.2) is 6.61 Å². The molecule has 28 heavy (non-hydrogen) atoms. The molecule has 3 aromatic rings. The zero-order chi connectivity index (χ0) is 20.5. The molecule has 0 aliphatic heterocycles. The molecule has 0 atom stereocenters. The van der Waals surface area contributed by atoms with Gasteiger partial charge in [0, 0.05) is 0 Å². The molecule has 0 saturated carbocycles. The number of carbonyl (C=O) groups is 1. The Bertz CT molecular complexity index is 969. The van der Waals surface area contributed by atoms with Crippen LogP contribution < -0.4 is 4.74 Å². The van der Waals surface area contributed by atoms with Crippen LogP contribution in [0.5, 0.6) is 5.75 Å². The SMILES string of the molecule is CC(C)(C)c1ccc(OCc2noc(-c3ccc(C(=O)C(F)(F)F)s3)n2)cc1. The molecule has 1 aromatic carbocycles. The number of ether oxygens (including phenoxy) is 1. The van der Waals surface area contributed by atoms with E-state index < -0.39 is 16.8 Å². The number of hydrogen-bond acceptors (Lipinski definition) is 6. The average Bonchev–Trinajstić information content (AvgIpc) is 3.27. The predicted molar refractivity (Wildman–Crippen MR) is 97.5 cm³/mol. The van der Waals surface area contributed by atoms with Gasteiger partial charge < -0.3 is 9.26 Å². The molecule has 0 radical (unpaired) electrons. The van der Waals surface area contributed by atoms with E-state index in [1.54, 1.807) is 0 Å². The van der Waals surface area contributed by atoms with Crippen LogP contribution >= 0.6 is 11.3 Å². The monoisotopic (exact) mass is 410 g/mol. The van der Waals surface area contributed by atoms with E-state index in [4.69, 9.17) is 9.26 Å². The number of hydrogen-bond donors (Lipinski definition) is 0. The van der Waals surface area contributed by atoms with Gasteiger partial charge in [0.2, 0.25) is 5.82 Å². The van der Waals surface area contributed by atoms with Crippen molar-refractivity contribution in [3.8, 4) is 16.5 Å². The number of nitrogens with zero attached hydrogens (tertiary/aromatic N) is 2. The third-order valence-electron chi connectivity index (χ3n) is 3.85. The van der Waals surface area contributed by atoms with Crippen molar-refractivity contribution < 1.29 is 27.2 Å². The molecule has 0 aliphatic carbocycles. The summed E-state index contributed by atoms with van der Waals surface area (Å²) in [5, 5.41) is 3.76. The molecule has 0 bridgehead atoms. The summed E-state index contributed by atoms with van der Waals surface area (Å²) in [5.41, 5.74) is 1.21. The molecule has 0 aliphatic rings. The maximum Gasteiger partial charge on any atom is 0.455 e. The van der Waals surface area contributed by atoms with Crippen molar-refractivity contribution in [2.24, 2.45) is 0 Å². The number of thiophene rings is 1. The number of halogens is 3. The van der Waals surface area contributed by atoms with Crippen molar-refractivity contribution in [2.75, 3.05) is 0 Å². The van der Waals surface area contributed by atoms with Gasteiger partial charge in [-0.2, -0.15) is 18.2 Å². The van der Waals surface area contributed by atoms with E-state index in [0.717, 1.165) is 6.07 Å². The molecule has 2 heterocycles. The smallest absolute Gasteiger partial charge is 0.455 e. The van der Waals surface area contributed by atoms with Gasteiger partial charge >= 0.3 is 6.18 Å². The Morgan fingerprint density at radius 3 is 2.39 bits per heavy atom. The fourth-order valence-corrected chi connectivity index (χ4v) is 3.21. The Kier molecular flexibility index (Phi) is 5.29. The van der Waals surface area contributed by atoms with Gasteiger partial charge in [0.1, 0.15) is 5.75 Å². The Morgan fingerprint density at radius 2 is 1.79 bits per heavy atom. The van der Waals surface area contributed by atoms with Crippen LogP contribution in [-0.4, -0.2) is 22.1 Å². The standard InChI is InChI=1S/C19H17F3N2O3S/c1-18(2,3)11-4-6-12(7-5-11)26-10-15-23-17(27-24-15)14-9-8-13(28-14)16(25)19(20,21)22/h4-9H,10H2,1-3H3. The van der Waals surface area contributed by atoms with Crippen LogP contribution in [-0.2, 0) is 12.0 Å². The molecule has 0 spiro atoms. The summed E-state index contributed by atoms with van der Waals surface area (Å²) < 4.78 is 48.1. The van der Waals surface area contributed by atoms with Crippen molar-refractivity contribution in [1.82, 2.24) is 10.1 Å². The van der Waals surface area contributed by atoms with Crippen molar-refractivity contribution in [3.63, 3.8) is 0 Å². The van der Waals surface area contributed by atoms with E-state index >= 15 is 0 Å². The van der Waals surface area contributed by atoms with Crippen molar-refractivity contribution >= 4 is 17.1 Å². The number of ketones is 1. The van der Waals surface area contributed by atoms with Crippen LogP contribution in [0, 0.1) is 0 Å². The van der Waals surface area contributed by atoms with Crippen molar-refractivity contribution in [2.45, 2.75) is 39.0 Å². The molecule has 148 valence electrons. The topological polar surface area (TPSA) is 65.2 Å². The molecule has 9 heteroatoms. The van der Waals surface area contributed by atoms with Crippen LogP contribution in [0.1, 0.15) is 41.8 Å². The van der Waals surface area contributed by atoms with Gasteiger partial charge in [0.05, 0.1) is 9.75 Å². The number of aromatic nitrogens is 2. The highest BCUT2D eigenvalue weighted by Gasteiger charge is 2.40. The predicted octanol–water partition coefficient (Wildman–Crippen LogP) is 5.42. The summed E-state index contributed by atoms with van der Waals surface area (Å²) in [6.07, 6.45) is -4.92. The average molecular weight is 410 g/mol. The Balaban J connectivity index is 1.65. The fraction of sp³-hybridized carbons (Fsp3) is 0.316. The van der Waals surface area contributed by atoms with Crippen molar-refractivity contribution in [3.05, 3.63) is 52.7 Å². The Hall–Kier alpha value is -2.68. The third kappa shape index (κ3) is 4.59. The molecule has 0 fully saturated rings. The highest BCUT2D eigenvalue weighted by molar-refractivity contribution is 7.17. The van der Waals surface area contributed by atoms with Gasteiger partial charge in [-0.3, -0.25) is 4.79 Å². The molecule has 2 aromatic heterocycles. The first kappa shape index (κ1) is 20.1. The number of carbonyl (C=O) groups excluding carboxylic acids is 1. The normalized spacial score (nSPS) is 12.2. The lowest BCUT2D eigenvalue weighted by molar-refractivity contribution is -0.0882. The summed E-state index contributed by atoms with van der Waals surface area (Å²) >= 11 is 0.646. The van der Waals surface area contributed by atoms with Crippen LogP contribution in [0.15, 0.2) is 40.9 Å². The highest BCUT2D eigenvalue weighted by atomic mass is 32.1.